The van der Waals surface area contributed by atoms with Gasteiger partial charge in [0.2, 0.25) is 0 Å². The molecule has 1 nitrogen and oxygen atoms in total. The van der Waals surface area contributed by atoms with Gasteiger partial charge >= 0.3 is 0 Å². The minimum atomic E-state index is 0.188. The van der Waals surface area contributed by atoms with E-state index >= 15 is 0 Å². The number of hydrogen-bond donors (Lipinski definition) is 0. The molecule has 0 unspecified atom stereocenters. The van der Waals surface area contributed by atoms with Crippen LogP contribution in [0.15, 0.2) is 24.3 Å². The molecule has 0 fully saturated rings. The second-order valence-electron chi connectivity index (χ2n) is 1.91. The van der Waals surface area contributed by atoms with Crippen molar-refractivity contribution in [2.24, 2.45) is 0 Å². The standard InChI is InChI=1S/C7H8O/c1-6-4-2-3-5-7(6)8/h2-3H,1,4-5H2. The minimum Gasteiger partial charge on any atom is -0.294 e. The van der Waals surface area contributed by atoms with Crippen molar-refractivity contribution in [3.8, 4) is 0 Å². The third-order valence-electron chi connectivity index (χ3n) is 1.23. The second-order valence-corrected chi connectivity index (χ2v) is 1.91. The molecule has 0 atom stereocenters. The van der Waals surface area contributed by atoms with Crippen LogP contribution in [0.25, 0.3) is 0 Å². The summed E-state index contributed by atoms with van der Waals surface area (Å²) in [6.07, 6.45) is 5.17. The molecule has 42 valence electrons. The Morgan fingerprint density at radius 3 is 2.38 bits per heavy atom. The van der Waals surface area contributed by atoms with Crippen LogP contribution in [0.5, 0.6) is 0 Å². The molecular weight excluding hydrogens is 100 g/mol. The third-order valence-corrected chi connectivity index (χ3v) is 1.23. The summed E-state index contributed by atoms with van der Waals surface area (Å²) in [4.78, 5) is 10.6. The van der Waals surface area contributed by atoms with Crippen LogP contribution in [0.1, 0.15) is 12.8 Å². The lowest BCUT2D eigenvalue weighted by atomic mass is 10.0. The molecule has 0 radical (unpaired) electrons. The summed E-state index contributed by atoms with van der Waals surface area (Å²) >= 11 is 0. The SMILES string of the molecule is C=C1CC=CCC1=O. The predicted molar refractivity (Wildman–Crippen MR) is 32.5 cm³/mol. The first-order valence-corrected chi connectivity index (χ1v) is 2.66. The molecule has 8 heavy (non-hydrogen) atoms. The predicted octanol–water partition coefficient (Wildman–Crippen LogP) is 1.46. The molecular formula is C7H8O. The Labute approximate surface area is 48.7 Å². The van der Waals surface area contributed by atoms with E-state index in [1.54, 1.807) is 0 Å². The number of allylic oxidation sites excluding steroid dienone is 3. The number of hydrogen-bond acceptors (Lipinski definition) is 1. The third kappa shape index (κ3) is 0.861. The molecule has 0 spiro atoms. The summed E-state index contributed by atoms with van der Waals surface area (Å²) in [5.41, 5.74) is 0.743. The van der Waals surface area contributed by atoms with Crippen LogP contribution >= 0.6 is 0 Å². The summed E-state index contributed by atoms with van der Waals surface area (Å²) < 4.78 is 0. The number of ketones is 1. The largest absolute Gasteiger partial charge is 0.294 e. The monoisotopic (exact) mass is 108 g/mol. The van der Waals surface area contributed by atoms with Crippen LogP contribution in [0.2, 0.25) is 0 Å². The molecule has 1 aliphatic carbocycles. The van der Waals surface area contributed by atoms with Crippen molar-refractivity contribution < 1.29 is 4.79 Å². The van der Waals surface area contributed by atoms with Gasteiger partial charge in [0, 0.05) is 6.42 Å². The van der Waals surface area contributed by atoms with Crippen molar-refractivity contribution in [2.75, 3.05) is 0 Å². The number of rotatable bonds is 0. The van der Waals surface area contributed by atoms with E-state index in [0.717, 1.165) is 12.0 Å². The van der Waals surface area contributed by atoms with Gasteiger partial charge in [-0.05, 0) is 12.0 Å². The molecule has 0 saturated heterocycles. The maximum absolute atomic E-state index is 10.6. The maximum atomic E-state index is 10.6. The molecule has 1 rings (SSSR count). The fourth-order valence-electron chi connectivity index (χ4n) is 0.674. The number of carbonyl (C=O) groups excluding carboxylic acids is 1. The molecule has 0 saturated carbocycles. The van der Waals surface area contributed by atoms with Gasteiger partial charge in [0.05, 0.1) is 0 Å². The molecule has 1 aliphatic rings. The first-order valence-electron chi connectivity index (χ1n) is 2.66. The highest BCUT2D eigenvalue weighted by molar-refractivity contribution is 5.96. The average Bonchev–Trinajstić information content (AvgIpc) is 1.77. The molecule has 1 heteroatoms. The summed E-state index contributed by atoms with van der Waals surface area (Å²) in [5, 5.41) is 0. The molecule has 0 N–H and O–H groups in total. The summed E-state index contributed by atoms with van der Waals surface area (Å²) in [7, 11) is 0. The second kappa shape index (κ2) is 1.95. The van der Waals surface area contributed by atoms with E-state index in [4.69, 9.17) is 0 Å². The van der Waals surface area contributed by atoms with Gasteiger partial charge in [-0.1, -0.05) is 18.7 Å². The Morgan fingerprint density at radius 2 is 2.00 bits per heavy atom. The van der Waals surface area contributed by atoms with E-state index in [9.17, 15) is 4.79 Å². The van der Waals surface area contributed by atoms with Crippen LogP contribution in [0.4, 0.5) is 0 Å². The molecule has 0 aliphatic heterocycles. The summed E-state index contributed by atoms with van der Waals surface area (Å²) in [5.74, 6) is 0.188. The van der Waals surface area contributed by atoms with Crippen molar-refractivity contribution in [3.63, 3.8) is 0 Å². The van der Waals surface area contributed by atoms with Gasteiger partial charge < -0.3 is 0 Å². The highest BCUT2D eigenvalue weighted by atomic mass is 16.1. The lowest BCUT2D eigenvalue weighted by Gasteiger charge is -2.02. The van der Waals surface area contributed by atoms with Gasteiger partial charge in [-0.3, -0.25) is 4.79 Å². The Bertz CT molecular complexity index is 136. The van der Waals surface area contributed by atoms with Crippen molar-refractivity contribution in [1.82, 2.24) is 0 Å². The summed E-state index contributed by atoms with van der Waals surface area (Å²) in [6.45, 7) is 3.59. The fourth-order valence-corrected chi connectivity index (χ4v) is 0.674. The maximum Gasteiger partial charge on any atom is 0.162 e. The Hall–Kier alpha value is -0.850. The molecule has 0 aromatic heterocycles. The quantitative estimate of drug-likeness (QED) is 0.339. The molecule has 0 aromatic rings. The molecule has 0 bridgehead atoms. The Morgan fingerprint density at radius 1 is 1.38 bits per heavy atom. The van der Waals surface area contributed by atoms with Crippen LogP contribution in [-0.2, 0) is 4.79 Å². The lowest BCUT2D eigenvalue weighted by molar-refractivity contribution is -0.115. The van der Waals surface area contributed by atoms with Gasteiger partial charge in [0.1, 0.15) is 0 Å². The summed E-state index contributed by atoms with van der Waals surface area (Å²) in [6, 6.07) is 0. The molecule has 0 heterocycles. The zero-order chi connectivity index (χ0) is 5.98. The van der Waals surface area contributed by atoms with E-state index in [0.29, 0.717) is 6.42 Å². The minimum absolute atomic E-state index is 0.188. The van der Waals surface area contributed by atoms with E-state index in [1.165, 1.54) is 0 Å². The zero-order valence-electron chi connectivity index (χ0n) is 4.68. The Balaban J connectivity index is 2.71. The average molecular weight is 108 g/mol. The van der Waals surface area contributed by atoms with Gasteiger partial charge in [0.15, 0.2) is 5.78 Å². The normalized spacial score (nSPS) is 19.5. The molecule has 0 aromatic carbocycles. The van der Waals surface area contributed by atoms with Crippen molar-refractivity contribution in [1.29, 1.82) is 0 Å². The van der Waals surface area contributed by atoms with Crippen molar-refractivity contribution in [3.05, 3.63) is 24.3 Å². The number of carbonyl (C=O) groups is 1. The fraction of sp³-hybridized carbons (Fsp3) is 0.286. The highest BCUT2D eigenvalue weighted by Gasteiger charge is 2.05. The smallest absolute Gasteiger partial charge is 0.162 e. The van der Waals surface area contributed by atoms with E-state index in [2.05, 4.69) is 6.58 Å². The van der Waals surface area contributed by atoms with Gasteiger partial charge in [-0.2, -0.15) is 0 Å². The zero-order valence-corrected chi connectivity index (χ0v) is 4.68. The van der Waals surface area contributed by atoms with Crippen LogP contribution in [-0.4, -0.2) is 5.78 Å². The van der Waals surface area contributed by atoms with Crippen molar-refractivity contribution >= 4 is 5.78 Å². The topological polar surface area (TPSA) is 17.1 Å². The first-order chi connectivity index (χ1) is 3.80. The Kier molecular flexibility index (Phi) is 1.29. The van der Waals surface area contributed by atoms with E-state index < -0.39 is 0 Å². The van der Waals surface area contributed by atoms with Crippen LogP contribution in [0.3, 0.4) is 0 Å². The van der Waals surface area contributed by atoms with E-state index in [1.807, 2.05) is 12.2 Å². The van der Waals surface area contributed by atoms with Crippen molar-refractivity contribution in [2.45, 2.75) is 12.8 Å². The molecule has 0 amide bonds. The first kappa shape index (κ1) is 5.29. The van der Waals surface area contributed by atoms with Crippen LogP contribution in [0, 0.1) is 0 Å². The lowest BCUT2D eigenvalue weighted by Crippen LogP contribution is -2.01. The van der Waals surface area contributed by atoms with Gasteiger partial charge in [0.25, 0.3) is 0 Å². The van der Waals surface area contributed by atoms with Gasteiger partial charge in [-0.15, -0.1) is 0 Å². The van der Waals surface area contributed by atoms with Crippen LogP contribution < -0.4 is 0 Å². The number of Topliss-reactive ketones (excluding diaryl/α,β-unsaturated/α-hetero) is 1. The van der Waals surface area contributed by atoms with E-state index in [-0.39, 0.29) is 5.78 Å². The highest BCUT2D eigenvalue weighted by Crippen LogP contribution is 2.09. The van der Waals surface area contributed by atoms with Gasteiger partial charge in [-0.25, -0.2) is 0 Å².